The molecule has 6 heteroatoms. The summed E-state index contributed by atoms with van der Waals surface area (Å²) in [5, 5.41) is 5.74. The predicted molar refractivity (Wildman–Crippen MR) is 109 cm³/mol. The number of amides is 2. The first-order valence-corrected chi connectivity index (χ1v) is 10.7. The minimum Gasteiger partial charge on any atom is -0.452 e. The summed E-state index contributed by atoms with van der Waals surface area (Å²) in [5.74, 6) is 1.45. The Labute approximate surface area is 171 Å². The largest absolute Gasteiger partial charge is 0.452 e. The maximum atomic E-state index is 12.4. The Hall–Kier alpha value is -2.37. The quantitative estimate of drug-likeness (QED) is 0.718. The molecule has 156 valence electrons. The normalized spacial score (nSPS) is 30.5. The van der Waals surface area contributed by atoms with Crippen molar-refractivity contribution >= 4 is 23.5 Å². The second-order valence-corrected chi connectivity index (χ2v) is 9.41. The molecule has 1 aromatic carbocycles. The molecule has 0 aliphatic heterocycles. The first-order valence-electron chi connectivity index (χ1n) is 10.7. The third-order valence-electron chi connectivity index (χ3n) is 7.13. The van der Waals surface area contributed by atoms with E-state index in [1.165, 1.54) is 45.4 Å². The lowest BCUT2D eigenvalue weighted by Gasteiger charge is -2.59. The average molecular weight is 399 g/mol. The van der Waals surface area contributed by atoms with Crippen molar-refractivity contribution in [2.75, 3.05) is 11.9 Å². The lowest BCUT2D eigenvalue weighted by Crippen LogP contribution is -2.56. The van der Waals surface area contributed by atoms with Crippen LogP contribution in [-0.4, -0.2) is 30.4 Å². The maximum absolute atomic E-state index is 12.4. The van der Waals surface area contributed by atoms with Crippen molar-refractivity contribution in [3.8, 4) is 0 Å². The van der Waals surface area contributed by atoms with Crippen LogP contribution < -0.4 is 10.6 Å². The van der Waals surface area contributed by atoms with Gasteiger partial charge in [-0.05, 0) is 86.8 Å². The first-order chi connectivity index (χ1) is 13.8. The zero-order valence-electron chi connectivity index (χ0n) is 17.2. The predicted octanol–water partition coefficient (Wildman–Crippen LogP) is 3.52. The van der Waals surface area contributed by atoms with E-state index in [2.05, 4.69) is 17.6 Å². The minimum absolute atomic E-state index is 0.102. The number of benzene rings is 1. The third kappa shape index (κ3) is 4.31. The number of anilines is 1. The highest BCUT2D eigenvalue weighted by Crippen LogP contribution is 2.61. The van der Waals surface area contributed by atoms with Crippen molar-refractivity contribution in [2.24, 2.45) is 23.2 Å². The number of hydrogen-bond donors (Lipinski definition) is 2. The van der Waals surface area contributed by atoms with Crippen LogP contribution in [0.25, 0.3) is 0 Å². The lowest BCUT2D eigenvalue weighted by molar-refractivity contribution is -0.128. The second kappa shape index (κ2) is 7.81. The van der Waals surface area contributed by atoms with Crippen LogP contribution >= 0.6 is 0 Å². The molecule has 2 N–H and O–H groups in total. The summed E-state index contributed by atoms with van der Waals surface area (Å²) in [5.41, 5.74) is 1.05. The van der Waals surface area contributed by atoms with Crippen LogP contribution in [0.3, 0.4) is 0 Å². The van der Waals surface area contributed by atoms with E-state index >= 15 is 0 Å². The third-order valence-corrected chi connectivity index (χ3v) is 7.13. The summed E-state index contributed by atoms with van der Waals surface area (Å²) >= 11 is 0. The monoisotopic (exact) mass is 398 g/mol. The van der Waals surface area contributed by atoms with Crippen LogP contribution in [0.2, 0.25) is 0 Å². The van der Waals surface area contributed by atoms with Crippen LogP contribution in [-0.2, 0) is 14.3 Å². The summed E-state index contributed by atoms with van der Waals surface area (Å²) in [6.07, 6.45) is 7.77. The van der Waals surface area contributed by atoms with E-state index in [9.17, 15) is 14.4 Å². The molecule has 2 amide bonds. The molecule has 0 spiro atoms. The summed E-state index contributed by atoms with van der Waals surface area (Å²) in [6.45, 7) is 3.23. The van der Waals surface area contributed by atoms with Crippen molar-refractivity contribution in [3.05, 3.63) is 29.8 Å². The van der Waals surface area contributed by atoms with E-state index in [-0.39, 0.29) is 29.9 Å². The molecule has 4 bridgehead atoms. The summed E-state index contributed by atoms with van der Waals surface area (Å²) in [7, 11) is 0. The van der Waals surface area contributed by atoms with E-state index in [0.29, 0.717) is 11.3 Å². The van der Waals surface area contributed by atoms with Gasteiger partial charge in [0.2, 0.25) is 5.91 Å². The van der Waals surface area contributed by atoms with Crippen molar-refractivity contribution in [2.45, 2.75) is 58.4 Å². The molecule has 4 saturated carbocycles. The maximum Gasteiger partial charge on any atom is 0.338 e. The number of nitrogens with one attached hydrogen (secondary N) is 2. The summed E-state index contributed by atoms with van der Waals surface area (Å²) in [4.78, 5) is 35.9. The number of hydrogen-bond acceptors (Lipinski definition) is 4. The van der Waals surface area contributed by atoms with E-state index in [1.54, 1.807) is 24.3 Å². The van der Waals surface area contributed by atoms with Gasteiger partial charge in [-0.1, -0.05) is 6.07 Å². The Morgan fingerprint density at radius 1 is 1.10 bits per heavy atom. The van der Waals surface area contributed by atoms with Gasteiger partial charge in [-0.3, -0.25) is 9.59 Å². The SMILES string of the molecule is CC(=O)Nc1cccc(C(=O)OCC(=O)N[C@@H](C)C23CC4CC(CC(C4)C2)C3)c1. The number of rotatable bonds is 6. The van der Waals surface area contributed by atoms with Gasteiger partial charge in [0.15, 0.2) is 6.61 Å². The Morgan fingerprint density at radius 2 is 1.72 bits per heavy atom. The molecule has 0 aromatic heterocycles. The molecule has 1 atom stereocenters. The van der Waals surface area contributed by atoms with Crippen molar-refractivity contribution in [1.82, 2.24) is 5.32 Å². The highest BCUT2D eigenvalue weighted by molar-refractivity contribution is 5.94. The van der Waals surface area contributed by atoms with Gasteiger partial charge in [0.1, 0.15) is 0 Å². The Kier molecular flexibility index (Phi) is 5.36. The van der Waals surface area contributed by atoms with Gasteiger partial charge in [-0.2, -0.15) is 0 Å². The molecule has 1 aromatic rings. The van der Waals surface area contributed by atoms with Gasteiger partial charge in [0.25, 0.3) is 5.91 Å². The molecule has 0 saturated heterocycles. The zero-order valence-corrected chi connectivity index (χ0v) is 17.2. The molecular weight excluding hydrogens is 368 g/mol. The standard InChI is InChI=1S/C23H30N2O4/c1-14(23-10-16-6-17(11-23)8-18(7-16)12-23)24-21(27)13-29-22(28)19-4-3-5-20(9-19)25-15(2)26/h3-5,9,14,16-18H,6-8,10-13H2,1-2H3,(H,24,27)(H,25,26)/t14-,16?,17?,18?,23?/m0/s1. The van der Waals surface area contributed by atoms with Gasteiger partial charge >= 0.3 is 5.97 Å². The van der Waals surface area contributed by atoms with Gasteiger partial charge in [0, 0.05) is 18.7 Å². The molecule has 29 heavy (non-hydrogen) atoms. The van der Waals surface area contributed by atoms with Crippen LogP contribution in [0.15, 0.2) is 24.3 Å². The first kappa shape index (κ1) is 19.9. The van der Waals surface area contributed by atoms with Crippen LogP contribution in [0.1, 0.15) is 62.7 Å². The molecule has 4 aliphatic rings. The molecule has 4 aliphatic carbocycles. The average Bonchev–Trinajstić information content (AvgIpc) is 2.64. The van der Waals surface area contributed by atoms with E-state index < -0.39 is 5.97 Å². The molecule has 0 radical (unpaired) electrons. The minimum atomic E-state index is -0.574. The van der Waals surface area contributed by atoms with Crippen LogP contribution in [0.5, 0.6) is 0 Å². The number of esters is 1. The van der Waals surface area contributed by atoms with Crippen molar-refractivity contribution < 1.29 is 19.1 Å². The molecular formula is C23H30N2O4. The topological polar surface area (TPSA) is 84.5 Å². The Morgan fingerprint density at radius 3 is 2.31 bits per heavy atom. The number of ether oxygens (including phenoxy) is 1. The van der Waals surface area contributed by atoms with E-state index in [1.807, 2.05) is 0 Å². The molecule has 6 nitrogen and oxygen atoms in total. The lowest BCUT2D eigenvalue weighted by atomic mass is 9.48. The Bertz CT molecular complexity index is 784. The van der Waals surface area contributed by atoms with Gasteiger partial charge in [0.05, 0.1) is 5.56 Å². The van der Waals surface area contributed by atoms with Crippen LogP contribution in [0.4, 0.5) is 5.69 Å². The second-order valence-electron chi connectivity index (χ2n) is 9.41. The fourth-order valence-electron chi connectivity index (χ4n) is 6.29. The highest BCUT2D eigenvalue weighted by Gasteiger charge is 2.53. The smallest absolute Gasteiger partial charge is 0.338 e. The van der Waals surface area contributed by atoms with E-state index in [0.717, 1.165) is 17.8 Å². The fraction of sp³-hybridized carbons (Fsp3) is 0.609. The highest BCUT2D eigenvalue weighted by atomic mass is 16.5. The molecule has 0 unspecified atom stereocenters. The van der Waals surface area contributed by atoms with E-state index in [4.69, 9.17) is 4.74 Å². The van der Waals surface area contributed by atoms with Crippen molar-refractivity contribution in [1.29, 1.82) is 0 Å². The molecule has 4 fully saturated rings. The zero-order chi connectivity index (χ0) is 20.6. The number of carbonyl (C=O) groups excluding carboxylic acids is 3. The molecule has 0 heterocycles. The van der Waals surface area contributed by atoms with Gasteiger partial charge in [-0.25, -0.2) is 4.79 Å². The van der Waals surface area contributed by atoms with Crippen LogP contribution in [0, 0.1) is 23.2 Å². The molecule has 5 rings (SSSR count). The fourth-order valence-corrected chi connectivity index (χ4v) is 6.29. The summed E-state index contributed by atoms with van der Waals surface area (Å²) in [6, 6.07) is 6.60. The van der Waals surface area contributed by atoms with Crippen molar-refractivity contribution in [3.63, 3.8) is 0 Å². The summed E-state index contributed by atoms with van der Waals surface area (Å²) < 4.78 is 5.21. The van der Waals surface area contributed by atoms with Gasteiger partial charge < -0.3 is 15.4 Å². The van der Waals surface area contributed by atoms with Gasteiger partial charge in [-0.15, -0.1) is 0 Å². The number of carbonyl (C=O) groups is 3. The Balaban J connectivity index is 1.30.